The topological polar surface area (TPSA) is 73.1 Å². The monoisotopic (exact) mass is 431 g/mol. The molecule has 0 spiro atoms. The van der Waals surface area contributed by atoms with Crippen molar-refractivity contribution in [3.05, 3.63) is 35.8 Å². The molecular formula is C23H30FN3O4. The number of aromatic nitrogens is 2. The molecule has 2 aromatic heterocycles. The molecule has 0 N–H and O–H groups in total. The summed E-state index contributed by atoms with van der Waals surface area (Å²) in [4.78, 5) is 30.0. The van der Waals surface area contributed by atoms with Crippen molar-refractivity contribution < 1.29 is 23.5 Å². The van der Waals surface area contributed by atoms with Gasteiger partial charge in [-0.15, -0.1) is 0 Å². The predicted octanol–water partition coefficient (Wildman–Crippen LogP) is 4.07. The molecule has 2 heterocycles. The number of amides is 1. The lowest BCUT2D eigenvalue weighted by Gasteiger charge is -2.66. The van der Waals surface area contributed by atoms with E-state index in [9.17, 15) is 14.0 Å². The number of halogens is 1. The number of carbonyl (C=O) groups is 2. The molecule has 0 unspecified atom stereocenters. The van der Waals surface area contributed by atoms with Crippen molar-refractivity contribution in [3.8, 4) is 0 Å². The van der Waals surface area contributed by atoms with Gasteiger partial charge >= 0.3 is 12.1 Å². The fraction of sp³-hybridized carbons (Fsp3) is 0.609. The fourth-order valence-corrected chi connectivity index (χ4v) is 4.77. The van der Waals surface area contributed by atoms with Crippen LogP contribution in [0, 0.1) is 5.41 Å². The molecule has 0 radical (unpaired) electrons. The first kappa shape index (κ1) is 21.6. The zero-order valence-corrected chi connectivity index (χ0v) is 18.6. The van der Waals surface area contributed by atoms with E-state index in [0.29, 0.717) is 38.8 Å². The van der Waals surface area contributed by atoms with Crippen LogP contribution in [0.3, 0.4) is 0 Å². The molecule has 3 saturated carbocycles. The lowest BCUT2D eigenvalue weighted by molar-refractivity contribution is -0.220. The second-order valence-corrected chi connectivity index (χ2v) is 10.1. The van der Waals surface area contributed by atoms with Crippen molar-refractivity contribution in [2.75, 3.05) is 13.2 Å². The van der Waals surface area contributed by atoms with Crippen molar-refractivity contribution in [2.45, 2.75) is 71.2 Å². The Morgan fingerprint density at radius 1 is 1.23 bits per heavy atom. The molecule has 5 rings (SSSR count). The van der Waals surface area contributed by atoms with Gasteiger partial charge in [-0.1, -0.05) is 6.07 Å². The van der Waals surface area contributed by atoms with Crippen LogP contribution in [0.5, 0.6) is 0 Å². The number of hydrogen-bond donors (Lipinski definition) is 0. The van der Waals surface area contributed by atoms with Gasteiger partial charge in [-0.25, -0.2) is 14.2 Å². The van der Waals surface area contributed by atoms with Crippen LogP contribution < -0.4 is 0 Å². The zero-order valence-electron chi connectivity index (χ0n) is 18.6. The molecule has 0 atom stereocenters. The van der Waals surface area contributed by atoms with E-state index in [4.69, 9.17) is 9.47 Å². The molecule has 3 aliphatic carbocycles. The van der Waals surface area contributed by atoms with Crippen molar-refractivity contribution in [1.29, 1.82) is 0 Å². The summed E-state index contributed by atoms with van der Waals surface area (Å²) in [5.41, 5.74) is 0.839. The number of hydrogen-bond acceptors (Lipinski definition) is 5. The van der Waals surface area contributed by atoms with Gasteiger partial charge in [0.25, 0.3) is 0 Å². The molecule has 0 aliphatic heterocycles. The van der Waals surface area contributed by atoms with Crippen LogP contribution in [0.15, 0.2) is 24.5 Å². The zero-order chi connectivity index (χ0) is 22.4. The number of pyridine rings is 1. The molecule has 7 nitrogen and oxygen atoms in total. The second-order valence-electron chi connectivity index (χ2n) is 10.1. The van der Waals surface area contributed by atoms with Gasteiger partial charge < -0.3 is 18.8 Å². The van der Waals surface area contributed by atoms with Gasteiger partial charge in [0.15, 0.2) is 0 Å². The van der Waals surface area contributed by atoms with E-state index in [-0.39, 0.29) is 24.1 Å². The van der Waals surface area contributed by atoms with Gasteiger partial charge in [0.2, 0.25) is 0 Å². The number of esters is 1. The minimum atomic E-state index is -1.00. The third-order valence-electron chi connectivity index (χ3n) is 5.85. The first-order valence-corrected chi connectivity index (χ1v) is 10.7. The number of alkyl halides is 1. The Hall–Kier alpha value is -2.64. The van der Waals surface area contributed by atoms with Crippen molar-refractivity contribution >= 4 is 17.7 Å². The van der Waals surface area contributed by atoms with Crippen LogP contribution in [0.1, 0.15) is 58.2 Å². The minimum Gasteiger partial charge on any atom is -0.465 e. The smallest absolute Gasteiger partial charge is 0.410 e. The Bertz CT molecular complexity index is 990. The highest BCUT2D eigenvalue weighted by atomic mass is 19.1. The van der Waals surface area contributed by atoms with Crippen LogP contribution in [-0.2, 0) is 27.2 Å². The lowest BCUT2D eigenvalue weighted by atomic mass is 9.42. The third-order valence-corrected chi connectivity index (χ3v) is 5.85. The van der Waals surface area contributed by atoms with E-state index in [1.807, 2.05) is 49.7 Å². The van der Waals surface area contributed by atoms with Crippen LogP contribution in [0.25, 0.3) is 5.65 Å². The molecule has 1 amide bonds. The maximum atomic E-state index is 14.0. The summed E-state index contributed by atoms with van der Waals surface area (Å²) in [5, 5.41) is 0. The van der Waals surface area contributed by atoms with E-state index >= 15 is 0 Å². The number of imidazole rings is 1. The third kappa shape index (κ3) is 4.83. The Labute approximate surface area is 181 Å². The maximum absolute atomic E-state index is 14.0. The summed E-state index contributed by atoms with van der Waals surface area (Å²) >= 11 is 0. The first-order chi connectivity index (χ1) is 14.4. The van der Waals surface area contributed by atoms with Crippen LogP contribution in [0.2, 0.25) is 0 Å². The van der Waals surface area contributed by atoms with E-state index in [1.54, 1.807) is 4.90 Å². The first-order valence-electron chi connectivity index (χ1n) is 10.7. The average molecular weight is 432 g/mol. The van der Waals surface area contributed by atoms with Gasteiger partial charge in [0.05, 0.1) is 18.8 Å². The Morgan fingerprint density at radius 3 is 2.55 bits per heavy atom. The highest BCUT2D eigenvalue weighted by Crippen LogP contribution is 2.69. The summed E-state index contributed by atoms with van der Waals surface area (Å²) in [6.45, 7) is 8.08. The van der Waals surface area contributed by atoms with Crippen LogP contribution in [-0.4, -0.2) is 50.8 Å². The van der Waals surface area contributed by atoms with Crippen LogP contribution >= 0.6 is 0 Å². The van der Waals surface area contributed by atoms with Crippen LogP contribution in [0.4, 0.5) is 9.18 Å². The summed E-state index contributed by atoms with van der Waals surface area (Å²) in [6, 6.07) is 3.84. The van der Waals surface area contributed by atoms with E-state index in [2.05, 4.69) is 4.98 Å². The number of ether oxygens (including phenoxy) is 2. The maximum Gasteiger partial charge on any atom is 0.410 e. The van der Waals surface area contributed by atoms with Gasteiger partial charge in [-0.2, -0.15) is 0 Å². The lowest BCUT2D eigenvalue weighted by Crippen LogP contribution is -2.68. The molecule has 0 saturated heterocycles. The molecule has 31 heavy (non-hydrogen) atoms. The molecule has 3 fully saturated rings. The number of carbonyl (C=O) groups excluding carboxylic acids is 2. The van der Waals surface area contributed by atoms with E-state index < -0.39 is 11.3 Å². The summed E-state index contributed by atoms with van der Waals surface area (Å²) in [7, 11) is 0. The van der Waals surface area contributed by atoms with Crippen molar-refractivity contribution in [3.63, 3.8) is 0 Å². The Balaban J connectivity index is 1.47. The summed E-state index contributed by atoms with van der Waals surface area (Å²) < 4.78 is 26.5. The molecular weight excluding hydrogens is 401 g/mol. The molecule has 3 aliphatic rings. The van der Waals surface area contributed by atoms with E-state index in [1.165, 1.54) is 6.92 Å². The number of nitrogens with zero attached hydrogens (tertiary/aromatic N) is 3. The molecule has 2 aromatic rings. The molecule has 2 bridgehead atoms. The standard InChI is InChI=1S/C23H30FN3O4/c1-16(28)30-8-7-18-11-26-9-17(5-6-19(26)25-18)10-27(20(29)31-21(2,3)4)15-22-12-23(24,13-22)14-22/h5-6,9,11H,7-8,10,12-15H2,1-4H3. The second kappa shape index (κ2) is 7.50. The van der Waals surface area contributed by atoms with Gasteiger partial charge in [-0.3, -0.25) is 4.79 Å². The quantitative estimate of drug-likeness (QED) is 0.618. The summed E-state index contributed by atoms with van der Waals surface area (Å²) in [5.74, 6) is -0.310. The van der Waals surface area contributed by atoms with Gasteiger partial charge in [0.1, 0.15) is 16.9 Å². The number of rotatable bonds is 7. The summed E-state index contributed by atoms with van der Waals surface area (Å²) in [6.07, 6.45) is 5.59. The largest absolute Gasteiger partial charge is 0.465 e. The SMILES string of the molecule is CC(=O)OCCc1cn2cc(CN(CC34CC(F)(C3)C4)C(=O)OC(C)(C)C)ccc2n1. The fourth-order valence-electron chi connectivity index (χ4n) is 4.77. The normalized spacial score (nSPS) is 24.3. The number of fused-ring (bicyclic) bond motifs is 1. The molecule has 168 valence electrons. The molecule has 8 heteroatoms. The minimum absolute atomic E-state index is 0.103. The highest BCUT2D eigenvalue weighted by Gasteiger charge is 2.69. The predicted molar refractivity (Wildman–Crippen MR) is 112 cm³/mol. The molecule has 0 aromatic carbocycles. The average Bonchev–Trinajstić information content (AvgIpc) is 2.98. The van der Waals surface area contributed by atoms with Crippen molar-refractivity contribution in [2.24, 2.45) is 5.41 Å². The van der Waals surface area contributed by atoms with Gasteiger partial charge in [-0.05, 0) is 57.1 Å². The Kier molecular flexibility index (Phi) is 5.22. The van der Waals surface area contributed by atoms with Crippen molar-refractivity contribution in [1.82, 2.24) is 14.3 Å². The van der Waals surface area contributed by atoms with E-state index in [0.717, 1.165) is 16.9 Å². The van der Waals surface area contributed by atoms with Gasteiger partial charge in [0, 0.05) is 32.3 Å². The highest BCUT2D eigenvalue weighted by molar-refractivity contribution is 5.68. The Morgan fingerprint density at radius 2 is 1.94 bits per heavy atom.